The molecule has 17 heavy (non-hydrogen) atoms. The topological polar surface area (TPSA) is 64.6 Å². The van der Waals surface area contributed by atoms with Gasteiger partial charge in [-0.3, -0.25) is 9.59 Å². The maximum atomic E-state index is 11.8. The van der Waals surface area contributed by atoms with Gasteiger partial charge in [0.1, 0.15) is 14.6 Å². The monoisotopic (exact) mass is 369 g/mol. The number of carbonyl (C=O) groups is 2. The second-order valence-electron chi connectivity index (χ2n) is 3.02. The van der Waals surface area contributed by atoms with Crippen LogP contribution in [-0.2, 0) is 9.53 Å². The summed E-state index contributed by atoms with van der Waals surface area (Å²) in [5, 5.41) is 4.43. The van der Waals surface area contributed by atoms with Crippen LogP contribution in [0, 0.1) is 0 Å². The molecular formula is C10H12INO4S. The number of nitrogens with one attached hydrogen (secondary N) is 1. The van der Waals surface area contributed by atoms with Crippen molar-refractivity contribution in [1.29, 1.82) is 0 Å². The lowest BCUT2D eigenvalue weighted by molar-refractivity contribution is -0.139. The summed E-state index contributed by atoms with van der Waals surface area (Å²) < 4.78 is 9.20. The molecule has 0 fully saturated rings. The average molecular weight is 369 g/mol. The van der Waals surface area contributed by atoms with Crippen LogP contribution < -0.4 is 10.1 Å². The molecule has 0 aliphatic carbocycles. The Morgan fingerprint density at radius 1 is 1.53 bits per heavy atom. The number of carbonyl (C=O) groups excluding carboxylic acids is 2. The predicted molar refractivity (Wildman–Crippen MR) is 73.0 cm³/mol. The molecule has 1 heterocycles. The molecule has 1 aromatic heterocycles. The lowest BCUT2D eigenvalue weighted by atomic mass is 10.3. The molecule has 0 saturated heterocycles. The molecule has 0 aliphatic rings. The molecule has 94 valence electrons. The molecule has 5 nitrogen and oxygen atoms in total. The van der Waals surface area contributed by atoms with Crippen molar-refractivity contribution < 1.29 is 19.1 Å². The Bertz CT molecular complexity index is 407. The van der Waals surface area contributed by atoms with Crippen LogP contribution in [-0.4, -0.2) is 36.6 Å². The second-order valence-corrected chi connectivity index (χ2v) is 5.44. The number of hydrogen-bond donors (Lipinski definition) is 1. The van der Waals surface area contributed by atoms with E-state index >= 15 is 0 Å². The van der Waals surface area contributed by atoms with Crippen LogP contribution in [0.1, 0.15) is 9.67 Å². The van der Waals surface area contributed by atoms with Gasteiger partial charge >= 0.3 is 5.97 Å². The highest BCUT2D eigenvalue weighted by Crippen LogP contribution is 2.23. The molecule has 0 aliphatic heterocycles. The Morgan fingerprint density at radius 3 is 2.82 bits per heavy atom. The Morgan fingerprint density at radius 2 is 2.24 bits per heavy atom. The number of alkyl halides is 1. The van der Waals surface area contributed by atoms with E-state index in [1.807, 2.05) is 22.6 Å². The number of hydrogen-bond acceptors (Lipinski definition) is 5. The SMILES string of the molecule is COC(=O)C(I)CNC(=O)c1sccc1OC. The Labute approximate surface area is 117 Å². The first-order chi connectivity index (χ1) is 8.10. The fraction of sp³-hybridized carbons (Fsp3) is 0.400. The normalized spacial score (nSPS) is 11.7. The number of esters is 1. The first-order valence-electron chi connectivity index (χ1n) is 4.71. The summed E-state index contributed by atoms with van der Waals surface area (Å²) in [6.07, 6.45) is 0. The maximum absolute atomic E-state index is 11.8. The van der Waals surface area contributed by atoms with E-state index in [4.69, 9.17) is 4.74 Å². The number of halogens is 1. The van der Waals surface area contributed by atoms with Gasteiger partial charge in [-0.2, -0.15) is 0 Å². The summed E-state index contributed by atoms with van der Waals surface area (Å²) in [6, 6.07) is 1.72. The molecule has 0 spiro atoms. The van der Waals surface area contributed by atoms with Crippen molar-refractivity contribution in [2.75, 3.05) is 20.8 Å². The fourth-order valence-corrected chi connectivity index (χ4v) is 2.35. The highest BCUT2D eigenvalue weighted by molar-refractivity contribution is 14.1. The minimum Gasteiger partial charge on any atom is -0.495 e. The van der Waals surface area contributed by atoms with Gasteiger partial charge in [-0.1, -0.05) is 22.6 Å². The van der Waals surface area contributed by atoms with Crippen molar-refractivity contribution in [3.8, 4) is 5.75 Å². The van der Waals surface area contributed by atoms with E-state index in [0.29, 0.717) is 10.6 Å². The molecule has 0 radical (unpaired) electrons. The molecule has 0 bridgehead atoms. The summed E-state index contributed by atoms with van der Waals surface area (Å²) in [7, 11) is 2.83. The van der Waals surface area contributed by atoms with Crippen LogP contribution in [0.15, 0.2) is 11.4 Å². The minimum absolute atomic E-state index is 0.229. The largest absolute Gasteiger partial charge is 0.495 e. The second kappa shape index (κ2) is 6.80. The van der Waals surface area contributed by atoms with E-state index in [1.54, 1.807) is 11.4 Å². The molecule has 1 rings (SSSR count). The number of methoxy groups -OCH3 is 2. The maximum Gasteiger partial charge on any atom is 0.320 e. The highest BCUT2D eigenvalue weighted by Gasteiger charge is 2.18. The van der Waals surface area contributed by atoms with E-state index in [1.165, 1.54) is 25.6 Å². The zero-order valence-electron chi connectivity index (χ0n) is 9.36. The number of ether oxygens (including phenoxy) is 2. The standard InChI is InChI=1S/C10H12INO4S/c1-15-7-3-4-17-8(7)9(13)12-5-6(11)10(14)16-2/h3-4,6H,5H2,1-2H3,(H,12,13). The van der Waals surface area contributed by atoms with E-state index in [9.17, 15) is 9.59 Å². The van der Waals surface area contributed by atoms with Crippen molar-refractivity contribution in [3.63, 3.8) is 0 Å². The highest BCUT2D eigenvalue weighted by atomic mass is 127. The van der Waals surface area contributed by atoms with E-state index in [2.05, 4.69) is 10.1 Å². The Hall–Kier alpha value is -0.830. The summed E-state index contributed by atoms with van der Waals surface area (Å²) in [5.41, 5.74) is 0. The van der Waals surface area contributed by atoms with Crippen LogP contribution in [0.25, 0.3) is 0 Å². The summed E-state index contributed by atoms with van der Waals surface area (Å²) in [5.74, 6) is -0.0676. The van der Waals surface area contributed by atoms with Gasteiger partial charge in [0.05, 0.1) is 14.2 Å². The minimum atomic E-state index is -0.396. The number of amides is 1. The van der Waals surface area contributed by atoms with Gasteiger partial charge in [0.2, 0.25) is 0 Å². The lowest BCUT2D eigenvalue weighted by Crippen LogP contribution is -2.33. The average Bonchev–Trinajstić information content (AvgIpc) is 2.82. The zero-order valence-corrected chi connectivity index (χ0v) is 12.3. The first kappa shape index (κ1) is 14.2. The van der Waals surface area contributed by atoms with E-state index < -0.39 is 3.92 Å². The molecule has 1 aromatic rings. The molecule has 7 heteroatoms. The van der Waals surface area contributed by atoms with Gasteiger partial charge in [-0.15, -0.1) is 11.3 Å². The molecule has 0 saturated carbocycles. The molecule has 1 N–H and O–H groups in total. The lowest BCUT2D eigenvalue weighted by Gasteiger charge is -2.09. The fourth-order valence-electron chi connectivity index (χ4n) is 1.10. The Kier molecular flexibility index (Phi) is 5.69. The molecule has 1 atom stereocenters. The van der Waals surface area contributed by atoms with Crippen molar-refractivity contribution >= 4 is 45.8 Å². The van der Waals surface area contributed by atoms with Crippen LogP contribution in [0.5, 0.6) is 5.75 Å². The quantitative estimate of drug-likeness (QED) is 0.485. The van der Waals surface area contributed by atoms with Gasteiger partial charge in [-0.25, -0.2) is 0 Å². The van der Waals surface area contributed by atoms with E-state index in [0.717, 1.165) is 0 Å². The molecule has 1 amide bonds. The number of thiophene rings is 1. The predicted octanol–water partition coefficient (Wildman–Crippen LogP) is 1.46. The van der Waals surface area contributed by atoms with Gasteiger partial charge in [0.25, 0.3) is 5.91 Å². The molecular weight excluding hydrogens is 357 g/mol. The van der Waals surface area contributed by atoms with Crippen molar-refractivity contribution in [2.24, 2.45) is 0 Å². The third kappa shape index (κ3) is 3.84. The van der Waals surface area contributed by atoms with Crippen molar-refractivity contribution in [1.82, 2.24) is 5.32 Å². The Balaban J connectivity index is 2.53. The zero-order chi connectivity index (χ0) is 12.8. The van der Waals surface area contributed by atoms with Crippen molar-refractivity contribution in [3.05, 3.63) is 16.3 Å². The van der Waals surface area contributed by atoms with Gasteiger partial charge in [0.15, 0.2) is 0 Å². The van der Waals surface area contributed by atoms with Crippen LogP contribution in [0.2, 0.25) is 0 Å². The number of rotatable bonds is 5. The van der Waals surface area contributed by atoms with Crippen LogP contribution >= 0.6 is 33.9 Å². The van der Waals surface area contributed by atoms with Crippen LogP contribution in [0.4, 0.5) is 0 Å². The van der Waals surface area contributed by atoms with Gasteiger partial charge in [0, 0.05) is 6.54 Å². The summed E-state index contributed by atoms with van der Waals surface area (Å²) in [4.78, 5) is 23.4. The third-order valence-electron chi connectivity index (χ3n) is 1.95. The van der Waals surface area contributed by atoms with Gasteiger partial charge < -0.3 is 14.8 Å². The van der Waals surface area contributed by atoms with Gasteiger partial charge in [-0.05, 0) is 11.4 Å². The third-order valence-corrected chi connectivity index (χ3v) is 3.80. The smallest absolute Gasteiger partial charge is 0.320 e. The summed E-state index contributed by atoms with van der Waals surface area (Å²) in [6.45, 7) is 0.229. The van der Waals surface area contributed by atoms with E-state index in [-0.39, 0.29) is 18.4 Å². The summed E-state index contributed by atoms with van der Waals surface area (Å²) >= 11 is 3.21. The van der Waals surface area contributed by atoms with Crippen molar-refractivity contribution in [2.45, 2.75) is 3.92 Å². The molecule has 0 aromatic carbocycles. The van der Waals surface area contributed by atoms with Crippen LogP contribution in [0.3, 0.4) is 0 Å². The first-order valence-corrected chi connectivity index (χ1v) is 6.84. The molecule has 1 unspecified atom stereocenters.